The molecule has 1 N–H and O–H groups in total. The first-order valence-electron chi connectivity index (χ1n) is 9.88. The van der Waals surface area contributed by atoms with Crippen molar-refractivity contribution < 1.29 is 14.0 Å². The van der Waals surface area contributed by atoms with Crippen molar-refractivity contribution in [2.45, 2.75) is 13.5 Å². The number of benzene rings is 3. The molecule has 1 amide bonds. The van der Waals surface area contributed by atoms with Gasteiger partial charge in [0.05, 0.1) is 5.69 Å². The molecule has 4 aromatic rings. The van der Waals surface area contributed by atoms with Gasteiger partial charge in [-0.15, -0.1) is 0 Å². The van der Waals surface area contributed by atoms with E-state index in [0.29, 0.717) is 33.8 Å². The monoisotopic (exact) mass is 411 g/mol. The van der Waals surface area contributed by atoms with Crippen LogP contribution in [0.3, 0.4) is 0 Å². The Labute approximate surface area is 178 Å². The van der Waals surface area contributed by atoms with Crippen molar-refractivity contribution >= 4 is 11.7 Å². The number of nitrogens with one attached hydrogen (secondary N) is 1. The maximum Gasteiger partial charge on any atom is 0.251 e. The number of ketones is 1. The average molecular weight is 411 g/mol. The molecule has 1 heterocycles. The van der Waals surface area contributed by atoms with Crippen LogP contribution in [0.5, 0.6) is 0 Å². The summed E-state index contributed by atoms with van der Waals surface area (Å²) in [5, 5.41) is 2.80. The summed E-state index contributed by atoms with van der Waals surface area (Å²) in [7, 11) is 0. The van der Waals surface area contributed by atoms with Gasteiger partial charge in [-0.1, -0.05) is 36.4 Å². The smallest absolute Gasteiger partial charge is 0.251 e. The third-order valence-electron chi connectivity index (χ3n) is 5.54. The molecular formula is C25H18FN3O2. The van der Waals surface area contributed by atoms with Crippen molar-refractivity contribution in [3.63, 3.8) is 0 Å². The van der Waals surface area contributed by atoms with Gasteiger partial charge in [-0.25, -0.2) is 9.37 Å². The number of imidazole rings is 1. The number of aromatic nitrogens is 2. The summed E-state index contributed by atoms with van der Waals surface area (Å²) in [6.07, 6.45) is 3.31. The Morgan fingerprint density at radius 2 is 1.77 bits per heavy atom. The van der Waals surface area contributed by atoms with Crippen LogP contribution < -0.4 is 5.32 Å². The molecule has 5 rings (SSSR count). The third kappa shape index (κ3) is 3.22. The fourth-order valence-corrected chi connectivity index (χ4v) is 3.94. The lowest BCUT2D eigenvalue weighted by Crippen LogP contribution is -2.23. The molecule has 31 heavy (non-hydrogen) atoms. The van der Waals surface area contributed by atoms with E-state index in [9.17, 15) is 14.0 Å². The van der Waals surface area contributed by atoms with Gasteiger partial charge in [0, 0.05) is 35.6 Å². The highest BCUT2D eigenvalue weighted by molar-refractivity contribution is 6.22. The van der Waals surface area contributed by atoms with Crippen LogP contribution in [0.15, 0.2) is 73.1 Å². The van der Waals surface area contributed by atoms with Crippen LogP contribution in [0.2, 0.25) is 0 Å². The molecule has 0 aliphatic heterocycles. The lowest BCUT2D eigenvalue weighted by Gasteiger charge is -2.10. The van der Waals surface area contributed by atoms with E-state index in [2.05, 4.69) is 10.3 Å². The molecular weight excluding hydrogens is 393 g/mol. The predicted molar refractivity (Wildman–Crippen MR) is 115 cm³/mol. The molecule has 0 unspecified atom stereocenters. The van der Waals surface area contributed by atoms with Gasteiger partial charge in [0.15, 0.2) is 5.78 Å². The second-order valence-electron chi connectivity index (χ2n) is 7.45. The molecule has 0 bridgehead atoms. The topological polar surface area (TPSA) is 64.0 Å². The normalized spacial score (nSPS) is 11.9. The highest BCUT2D eigenvalue weighted by Gasteiger charge is 2.27. The lowest BCUT2D eigenvalue weighted by atomic mass is 10.0. The maximum absolute atomic E-state index is 14.6. The van der Waals surface area contributed by atoms with E-state index in [1.54, 1.807) is 60.3 Å². The van der Waals surface area contributed by atoms with Gasteiger partial charge in [0.25, 0.3) is 5.91 Å². The third-order valence-corrected chi connectivity index (χ3v) is 5.54. The first-order chi connectivity index (χ1) is 15.0. The van der Waals surface area contributed by atoms with Gasteiger partial charge in [0.1, 0.15) is 11.6 Å². The van der Waals surface area contributed by atoms with Crippen LogP contribution in [-0.2, 0) is 6.54 Å². The number of hydrogen-bond acceptors (Lipinski definition) is 3. The Bertz CT molecular complexity index is 1360. The molecule has 1 aliphatic rings. The summed E-state index contributed by atoms with van der Waals surface area (Å²) in [5.74, 6) is -0.101. The van der Waals surface area contributed by atoms with Gasteiger partial charge in [0.2, 0.25) is 0 Å². The fourth-order valence-electron chi connectivity index (χ4n) is 3.94. The minimum Gasteiger partial charge on any atom is -0.348 e. The Kier molecular flexibility index (Phi) is 4.47. The fraction of sp³-hybridized carbons (Fsp3) is 0.0800. The molecule has 0 fully saturated rings. The molecule has 0 spiro atoms. The van der Waals surface area contributed by atoms with Gasteiger partial charge < -0.3 is 9.88 Å². The molecule has 1 aromatic heterocycles. The van der Waals surface area contributed by atoms with Crippen LogP contribution in [-0.4, -0.2) is 21.2 Å². The molecule has 0 radical (unpaired) electrons. The Balaban J connectivity index is 1.32. The number of carbonyl (C=O) groups is 2. The van der Waals surface area contributed by atoms with Crippen molar-refractivity contribution in [3.05, 3.63) is 107 Å². The SMILES string of the molecule is Cc1nccn1-c1ccc(CNC(=O)c2ccc3c(c2)C(=O)c2ccccc2-3)cc1F. The number of rotatable bonds is 4. The van der Waals surface area contributed by atoms with Gasteiger partial charge in [-0.05, 0) is 47.9 Å². The zero-order valence-electron chi connectivity index (χ0n) is 16.7. The van der Waals surface area contributed by atoms with E-state index in [1.807, 2.05) is 18.2 Å². The molecule has 152 valence electrons. The van der Waals surface area contributed by atoms with E-state index in [-0.39, 0.29) is 18.2 Å². The van der Waals surface area contributed by atoms with Crippen molar-refractivity contribution in [2.24, 2.45) is 0 Å². The molecule has 6 heteroatoms. The van der Waals surface area contributed by atoms with E-state index in [4.69, 9.17) is 0 Å². The van der Waals surface area contributed by atoms with Gasteiger partial charge in [-0.3, -0.25) is 9.59 Å². The van der Waals surface area contributed by atoms with E-state index in [1.165, 1.54) is 6.07 Å². The molecule has 0 saturated heterocycles. The van der Waals surface area contributed by atoms with E-state index < -0.39 is 5.82 Å². The second-order valence-corrected chi connectivity index (χ2v) is 7.45. The predicted octanol–water partition coefficient (Wildman–Crippen LogP) is 4.46. The lowest BCUT2D eigenvalue weighted by molar-refractivity contribution is 0.0951. The Hall–Kier alpha value is -4.06. The minimum absolute atomic E-state index is 0.0762. The zero-order chi connectivity index (χ0) is 21.5. The maximum atomic E-state index is 14.6. The average Bonchev–Trinajstić information content (AvgIpc) is 3.33. The zero-order valence-corrected chi connectivity index (χ0v) is 16.7. The number of amides is 1. The summed E-state index contributed by atoms with van der Waals surface area (Å²) >= 11 is 0. The quantitative estimate of drug-likeness (QED) is 0.475. The number of hydrogen-bond donors (Lipinski definition) is 1. The van der Waals surface area contributed by atoms with Crippen molar-refractivity contribution in [3.8, 4) is 16.8 Å². The Morgan fingerprint density at radius 3 is 2.52 bits per heavy atom. The summed E-state index contributed by atoms with van der Waals surface area (Å²) < 4.78 is 16.2. The minimum atomic E-state index is -0.395. The summed E-state index contributed by atoms with van der Waals surface area (Å²) in [6.45, 7) is 1.97. The van der Waals surface area contributed by atoms with Crippen molar-refractivity contribution in [1.29, 1.82) is 0 Å². The highest BCUT2D eigenvalue weighted by Crippen LogP contribution is 2.36. The summed E-state index contributed by atoms with van der Waals surface area (Å²) in [5.41, 5.74) is 4.34. The van der Waals surface area contributed by atoms with Crippen LogP contribution in [0.4, 0.5) is 4.39 Å². The van der Waals surface area contributed by atoms with Crippen molar-refractivity contribution in [1.82, 2.24) is 14.9 Å². The Morgan fingerprint density at radius 1 is 1.00 bits per heavy atom. The van der Waals surface area contributed by atoms with Crippen LogP contribution in [0, 0.1) is 12.7 Å². The van der Waals surface area contributed by atoms with Crippen LogP contribution >= 0.6 is 0 Å². The van der Waals surface area contributed by atoms with Crippen LogP contribution in [0.1, 0.15) is 37.7 Å². The summed E-state index contributed by atoms with van der Waals surface area (Å²) in [6, 6.07) is 17.4. The number of halogens is 1. The molecule has 0 atom stereocenters. The largest absolute Gasteiger partial charge is 0.348 e. The first kappa shape index (κ1) is 18.9. The van der Waals surface area contributed by atoms with E-state index in [0.717, 1.165) is 11.1 Å². The first-order valence-corrected chi connectivity index (χ1v) is 9.88. The second kappa shape index (κ2) is 7.32. The molecule has 5 nitrogen and oxygen atoms in total. The molecule has 3 aromatic carbocycles. The standard InChI is InChI=1S/C25H18FN3O2/c1-15-27-10-11-29(15)23-9-6-16(12-22(23)26)14-28-25(31)17-7-8-19-18-4-2-3-5-20(18)24(30)21(19)13-17/h2-13H,14H2,1H3,(H,28,31). The number of fused-ring (bicyclic) bond motifs is 3. The van der Waals surface area contributed by atoms with Gasteiger partial charge in [-0.2, -0.15) is 0 Å². The number of aryl methyl sites for hydroxylation is 1. The van der Waals surface area contributed by atoms with E-state index >= 15 is 0 Å². The molecule has 1 aliphatic carbocycles. The summed E-state index contributed by atoms with van der Waals surface area (Å²) in [4.78, 5) is 29.4. The number of carbonyl (C=O) groups excluding carboxylic acids is 2. The van der Waals surface area contributed by atoms with Gasteiger partial charge >= 0.3 is 0 Å². The molecule has 0 saturated carbocycles. The van der Waals surface area contributed by atoms with Crippen molar-refractivity contribution in [2.75, 3.05) is 0 Å². The highest BCUT2D eigenvalue weighted by atomic mass is 19.1. The number of nitrogens with zero attached hydrogens (tertiary/aromatic N) is 2. The van der Waals surface area contributed by atoms with Crippen LogP contribution in [0.25, 0.3) is 16.8 Å².